The van der Waals surface area contributed by atoms with Crippen molar-refractivity contribution in [2.75, 3.05) is 13.1 Å². The van der Waals surface area contributed by atoms with Crippen molar-refractivity contribution in [3.05, 3.63) is 29.8 Å². The Bertz CT molecular complexity index is 556. The van der Waals surface area contributed by atoms with Gasteiger partial charge >= 0.3 is 0 Å². The number of aliphatic hydroxyl groups is 1. The number of hydrogen-bond donors (Lipinski definition) is 1. The molecule has 0 saturated carbocycles. The minimum absolute atomic E-state index is 0.141. The van der Waals surface area contributed by atoms with E-state index in [0.717, 1.165) is 16.4 Å². The first-order chi connectivity index (χ1) is 8.80. The molecule has 2 atom stereocenters. The third-order valence-electron chi connectivity index (χ3n) is 3.30. The van der Waals surface area contributed by atoms with Gasteiger partial charge in [0.1, 0.15) is 11.6 Å². The van der Waals surface area contributed by atoms with Crippen LogP contribution in [0.15, 0.2) is 23.1 Å². The van der Waals surface area contributed by atoms with E-state index in [0.29, 0.717) is 12.5 Å². The van der Waals surface area contributed by atoms with E-state index >= 15 is 0 Å². The summed E-state index contributed by atoms with van der Waals surface area (Å²) in [7, 11) is -3.92. The summed E-state index contributed by atoms with van der Waals surface area (Å²) in [5.74, 6) is -2.06. The molecule has 1 N–H and O–H groups in total. The number of halogens is 2. The standard InChI is InChI=1S/C12H15F2NO3S/c1-8-7-15(3-2-12(8)16)19(17,18)11-5-9(13)4-10(14)6-11/h4-6,8,12,16H,2-3,7H2,1H3. The van der Waals surface area contributed by atoms with E-state index in [1.54, 1.807) is 6.92 Å². The molecule has 7 heteroatoms. The fourth-order valence-corrected chi connectivity index (χ4v) is 3.74. The lowest BCUT2D eigenvalue weighted by molar-refractivity contribution is 0.0628. The molecule has 0 bridgehead atoms. The zero-order valence-electron chi connectivity index (χ0n) is 10.4. The van der Waals surface area contributed by atoms with Crippen molar-refractivity contribution in [3.63, 3.8) is 0 Å². The molecule has 1 aliphatic heterocycles. The maximum Gasteiger partial charge on any atom is 0.243 e. The van der Waals surface area contributed by atoms with Crippen LogP contribution >= 0.6 is 0 Å². The molecule has 0 aliphatic carbocycles. The van der Waals surface area contributed by atoms with Gasteiger partial charge in [-0.15, -0.1) is 0 Å². The Balaban J connectivity index is 2.32. The van der Waals surface area contributed by atoms with E-state index in [4.69, 9.17) is 0 Å². The number of nitrogens with zero attached hydrogens (tertiary/aromatic N) is 1. The minimum Gasteiger partial charge on any atom is -0.393 e. The maximum atomic E-state index is 13.1. The minimum atomic E-state index is -3.92. The lowest BCUT2D eigenvalue weighted by atomic mass is 9.99. The number of sulfonamides is 1. The summed E-state index contributed by atoms with van der Waals surface area (Å²) >= 11 is 0. The number of benzene rings is 1. The van der Waals surface area contributed by atoms with E-state index in [9.17, 15) is 22.3 Å². The van der Waals surface area contributed by atoms with Crippen molar-refractivity contribution < 1.29 is 22.3 Å². The van der Waals surface area contributed by atoms with Crippen molar-refractivity contribution in [2.24, 2.45) is 5.92 Å². The Labute approximate surface area is 110 Å². The second kappa shape index (κ2) is 5.15. The highest BCUT2D eigenvalue weighted by Crippen LogP contribution is 2.24. The van der Waals surface area contributed by atoms with Crippen LogP contribution in [0.5, 0.6) is 0 Å². The van der Waals surface area contributed by atoms with Crippen LogP contribution in [-0.4, -0.2) is 37.0 Å². The molecular weight excluding hydrogens is 276 g/mol. The van der Waals surface area contributed by atoms with Gasteiger partial charge in [0.05, 0.1) is 11.0 Å². The zero-order valence-corrected chi connectivity index (χ0v) is 11.2. The third-order valence-corrected chi connectivity index (χ3v) is 5.14. The van der Waals surface area contributed by atoms with Crippen LogP contribution in [0.25, 0.3) is 0 Å². The van der Waals surface area contributed by atoms with Crippen molar-refractivity contribution in [1.82, 2.24) is 4.31 Å². The summed E-state index contributed by atoms with van der Waals surface area (Å²) in [5, 5.41) is 9.58. The van der Waals surface area contributed by atoms with Crippen LogP contribution in [0.1, 0.15) is 13.3 Å². The zero-order chi connectivity index (χ0) is 14.2. The largest absolute Gasteiger partial charge is 0.393 e. The number of hydrogen-bond acceptors (Lipinski definition) is 3. The van der Waals surface area contributed by atoms with Gasteiger partial charge in [-0.05, 0) is 24.5 Å². The molecule has 1 aliphatic rings. The van der Waals surface area contributed by atoms with Gasteiger partial charge in [-0.1, -0.05) is 6.92 Å². The first kappa shape index (κ1) is 14.4. The fourth-order valence-electron chi connectivity index (χ4n) is 2.14. The molecule has 0 spiro atoms. The normalized spacial score (nSPS) is 25.5. The van der Waals surface area contributed by atoms with E-state index in [2.05, 4.69) is 0 Å². The van der Waals surface area contributed by atoms with Crippen molar-refractivity contribution >= 4 is 10.0 Å². The van der Waals surface area contributed by atoms with Gasteiger partial charge in [-0.25, -0.2) is 17.2 Å². The second-order valence-corrected chi connectivity index (χ2v) is 6.74. The Hall–Kier alpha value is -1.05. The summed E-state index contributed by atoms with van der Waals surface area (Å²) in [6.45, 7) is 2.02. The summed E-state index contributed by atoms with van der Waals surface area (Å²) in [5.41, 5.74) is 0. The molecule has 2 rings (SSSR count). The first-order valence-corrected chi connectivity index (χ1v) is 7.39. The van der Waals surface area contributed by atoms with Crippen molar-refractivity contribution in [1.29, 1.82) is 0 Å². The Morgan fingerprint density at radius 1 is 1.26 bits per heavy atom. The van der Waals surface area contributed by atoms with Crippen LogP contribution in [-0.2, 0) is 10.0 Å². The summed E-state index contributed by atoms with van der Waals surface area (Å²) in [4.78, 5) is -0.395. The van der Waals surface area contributed by atoms with Gasteiger partial charge in [-0.2, -0.15) is 4.31 Å². The lowest BCUT2D eigenvalue weighted by Crippen LogP contribution is -2.44. The first-order valence-electron chi connectivity index (χ1n) is 5.95. The van der Waals surface area contributed by atoms with E-state index in [1.165, 1.54) is 0 Å². The highest BCUT2D eigenvalue weighted by molar-refractivity contribution is 7.89. The molecule has 4 nitrogen and oxygen atoms in total. The summed E-state index contributed by atoms with van der Waals surface area (Å²) in [6.07, 6.45) is -0.228. The van der Waals surface area contributed by atoms with Crippen LogP contribution in [0.3, 0.4) is 0 Å². The van der Waals surface area contributed by atoms with E-state index in [1.807, 2.05) is 0 Å². The Morgan fingerprint density at radius 3 is 2.37 bits per heavy atom. The van der Waals surface area contributed by atoms with Crippen LogP contribution in [0.4, 0.5) is 8.78 Å². The topological polar surface area (TPSA) is 57.6 Å². The van der Waals surface area contributed by atoms with Gasteiger partial charge in [0.2, 0.25) is 10.0 Å². The monoisotopic (exact) mass is 291 g/mol. The van der Waals surface area contributed by atoms with Crippen molar-refractivity contribution in [3.8, 4) is 0 Å². The van der Waals surface area contributed by atoms with Gasteiger partial charge < -0.3 is 5.11 Å². The molecule has 1 aromatic carbocycles. The molecule has 1 saturated heterocycles. The molecule has 106 valence electrons. The highest BCUT2D eigenvalue weighted by atomic mass is 32.2. The average Bonchev–Trinajstić information content (AvgIpc) is 2.31. The predicted octanol–water partition coefficient (Wildman–Crippen LogP) is 1.36. The summed E-state index contributed by atoms with van der Waals surface area (Å²) < 4.78 is 51.9. The van der Waals surface area contributed by atoms with Crippen molar-refractivity contribution in [2.45, 2.75) is 24.3 Å². The Kier molecular flexibility index (Phi) is 3.89. The number of aliphatic hydroxyl groups excluding tert-OH is 1. The van der Waals surface area contributed by atoms with Gasteiger partial charge in [-0.3, -0.25) is 0 Å². The quantitative estimate of drug-likeness (QED) is 0.895. The Morgan fingerprint density at radius 2 is 1.84 bits per heavy atom. The van der Waals surface area contributed by atoms with Gasteiger partial charge in [0.15, 0.2) is 0 Å². The molecule has 19 heavy (non-hydrogen) atoms. The molecule has 0 amide bonds. The molecule has 1 heterocycles. The molecule has 1 fully saturated rings. The smallest absolute Gasteiger partial charge is 0.243 e. The summed E-state index contributed by atoms with van der Waals surface area (Å²) in [6, 6.07) is 2.23. The molecule has 1 aromatic rings. The number of rotatable bonds is 2. The average molecular weight is 291 g/mol. The predicted molar refractivity (Wildman–Crippen MR) is 64.9 cm³/mol. The molecule has 0 radical (unpaired) electrons. The van der Waals surface area contributed by atoms with Gasteiger partial charge in [0.25, 0.3) is 0 Å². The fraction of sp³-hybridized carbons (Fsp3) is 0.500. The SMILES string of the molecule is CC1CN(S(=O)(=O)c2cc(F)cc(F)c2)CCC1O. The van der Waals surface area contributed by atoms with E-state index < -0.39 is 32.7 Å². The molecular formula is C12H15F2NO3S. The highest BCUT2D eigenvalue weighted by Gasteiger charge is 2.33. The van der Waals surface area contributed by atoms with Crippen LogP contribution in [0.2, 0.25) is 0 Å². The molecule has 0 aromatic heterocycles. The van der Waals surface area contributed by atoms with E-state index in [-0.39, 0.29) is 19.0 Å². The van der Waals surface area contributed by atoms with Crippen LogP contribution < -0.4 is 0 Å². The third kappa shape index (κ3) is 2.93. The van der Waals surface area contributed by atoms with Gasteiger partial charge in [0, 0.05) is 19.2 Å². The maximum absolute atomic E-state index is 13.1. The van der Waals surface area contributed by atoms with Crippen LogP contribution in [0, 0.1) is 17.6 Å². The lowest BCUT2D eigenvalue weighted by Gasteiger charge is -2.33. The molecule has 2 unspecified atom stereocenters. The second-order valence-electron chi connectivity index (χ2n) is 4.80. The number of piperidine rings is 1.